The Morgan fingerprint density at radius 3 is 2.20 bits per heavy atom. The molecule has 0 aliphatic carbocycles. The molecule has 0 radical (unpaired) electrons. The van der Waals surface area contributed by atoms with Crippen molar-refractivity contribution in [3.8, 4) is 5.75 Å². The average Bonchev–Trinajstić information content (AvgIpc) is 2.26. The Morgan fingerprint density at radius 2 is 1.80 bits per heavy atom. The molecular weight excluding hydrogens is 264 g/mol. The lowest BCUT2D eigenvalue weighted by Gasteiger charge is -2.09. The van der Waals surface area contributed by atoms with Crippen molar-refractivity contribution in [2.24, 2.45) is 0 Å². The zero-order valence-corrected chi connectivity index (χ0v) is 9.61. The van der Waals surface area contributed by atoms with Gasteiger partial charge in [0, 0.05) is 11.6 Å². The molecule has 80 valence electrons. The number of methoxy groups -OCH3 is 1. The molecule has 4 nitrogen and oxygen atoms in total. The van der Waals surface area contributed by atoms with E-state index in [1.54, 1.807) is 12.1 Å². The van der Waals surface area contributed by atoms with Crippen LogP contribution in [-0.2, 0) is 4.74 Å². The molecule has 0 N–H and O–H groups in total. The number of carbonyl (C=O) groups is 2. The fraction of sp³-hybridized carbons (Fsp3) is 0.200. The summed E-state index contributed by atoms with van der Waals surface area (Å²) < 4.78 is 10.5. The van der Waals surface area contributed by atoms with Gasteiger partial charge in [-0.3, -0.25) is 9.59 Å². The Hall–Kier alpha value is -1.20. The Bertz CT molecular complexity index is 347. The van der Waals surface area contributed by atoms with Gasteiger partial charge < -0.3 is 9.47 Å². The molecule has 15 heavy (non-hydrogen) atoms. The van der Waals surface area contributed by atoms with Crippen LogP contribution < -0.4 is 4.74 Å². The van der Waals surface area contributed by atoms with Gasteiger partial charge in [0.2, 0.25) is 0 Å². The second kappa shape index (κ2) is 5.63. The Balaban J connectivity index is 3.17. The van der Waals surface area contributed by atoms with Crippen molar-refractivity contribution in [3.05, 3.63) is 27.7 Å². The molecule has 5 heteroatoms. The summed E-state index contributed by atoms with van der Waals surface area (Å²) in [4.78, 5) is 21.5. The summed E-state index contributed by atoms with van der Waals surface area (Å²) >= 11 is 3.19. The number of rotatable bonds is 5. The Labute approximate surface area is 95.3 Å². The highest BCUT2D eigenvalue weighted by Gasteiger charge is 2.10. The number of benzene rings is 1. The highest BCUT2D eigenvalue weighted by atomic mass is 79.9. The van der Waals surface area contributed by atoms with E-state index in [-0.39, 0.29) is 12.5 Å². The van der Waals surface area contributed by atoms with Crippen LogP contribution in [-0.4, -0.2) is 26.5 Å². The van der Waals surface area contributed by atoms with Gasteiger partial charge in [-0.2, -0.15) is 0 Å². The molecule has 0 aromatic heterocycles. The molecule has 0 spiro atoms. The van der Waals surface area contributed by atoms with Crippen molar-refractivity contribution in [1.82, 2.24) is 0 Å². The van der Waals surface area contributed by atoms with Gasteiger partial charge >= 0.3 is 0 Å². The second-order valence-corrected chi connectivity index (χ2v) is 3.62. The molecule has 0 saturated heterocycles. The molecule has 1 aromatic carbocycles. The first-order chi connectivity index (χ1) is 7.22. The Morgan fingerprint density at radius 1 is 1.27 bits per heavy atom. The summed E-state index contributed by atoms with van der Waals surface area (Å²) in [6.07, 6.45) is 1.26. The second-order valence-electron chi connectivity index (χ2n) is 2.70. The van der Waals surface area contributed by atoms with E-state index in [9.17, 15) is 9.59 Å². The molecule has 0 unspecified atom stereocenters. The maximum Gasteiger partial charge on any atom is 0.188 e. The first-order valence-electron chi connectivity index (χ1n) is 4.08. The monoisotopic (exact) mass is 272 g/mol. The summed E-state index contributed by atoms with van der Waals surface area (Å²) in [5.41, 5.74) is 0.618. The molecule has 0 aliphatic heterocycles. The molecule has 1 rings (SSSR count). The first kappa shape index (κ1) is 11.9. The van der Waals surface area contributed by atoms with Gasteiger partial charge in [-0.25, -0.2) is 0 Å². The predicted octanol–water partition coefficient (Wildman–Crippen LogP) is 2.06. The number of ether oxygens (including phenoxy) is 2. The standard InChI is InChI=1S/C10H9BrO4/c1-14-6-15-10-7(4-12)2-9(11)3-8(10)5-13/h2-5H,6H2,1H3. The summed E-state index contributed by atoms with van der Waals surface area (Å²) in [6, 6.07) is 3.15. The number of hydrogen-bond donors (Lipinski definition) is 0. The molecule has 0 heterocycles. The highest BCUT2D eigenvalue weighted by molar-refractivity contribution is 9.10. The van der Waals surface area contributed by atoms with Crippen LogP contribution in [0.25, 0.3) is 0 Å². The SMILES string of the molecule is COCOc1c(C=O)cc(Br)cc1C=O. The van der Waals surface area contributed by atoms with E-state index < -0.39 is 0 Å². The Kier molecular flexibility index (Phi) is 4.45. The van der Waals surface area contributed by atoms with E-state index in [0.29, 0.717) is 28.2 Å². The minimum absolute atomic E-state index is 0.0106. The molecule has 0 bridgehead atoms. The van der Waals surface area contributed by atoms with Crippen LogP contribution in [0.2, 0.25) is 0 Å². The third kappa shape index (κ3) is 2.87. The van der Waals surface area contributed by atoms with Crippen LogP contribution in [0.5, 0.6) is 5.75 Å². The van der Waals surface area contributed by atoms with Crippen molar-refractivity contribution >= 4 is 28.5 Å². The van der Waals surface area contributed by atoms with E-state index in [2.05, 4.69) is 15.9 Å². The van der Waals surface area contributed by atoms with Gasteiger partial charge in [0.25, 0.3) is 0 Å². The van der Waals surface area contributed by atoms with Gasteiger partial charge in [-0.05, 0) is 12.1 Å². The topological polar surface area (TPSA) is 52.6 Å². The number of aldehydes is 2. The maximum atomic E-state index is 10.8. The van der Waals surface area contributed by atoms with E-state index in [1.807, 2.05) is 0 Å². The third-order valence-corrected chi connectivity index (χ3v) is 2.14. The normalized spacial score (nSPS) is 9.73. The molecule has 0 aliphatic rings. The molecule has 0 amide bonds. The average molecular weight is 273 g/mol. The minimum Gasteiger partial charge on any atom is -0.466 e. The number of hydrogen-bond acceptors (Lipinski definition) is 4. The van der Waals surface area contributed by atoms with E-state index >= 15 is 0 Å². The van der Waals surface area contributed by atoms with Crippen molar-refractivity contribution in [2.75, 3.05) is 13.9 Å². The van der Waals surface area contributed by atoms with Gasteiger partial charge in [-0.1, -0.05) is 15.9 Å². The lowest BCUT2D eigenvalue weighted by molar-refractivity contribution is 0.0499. The van der Waals surface area contributed by atoms with Crippen molar-refractivity contribution in [2.45, 2.75) is 0 Å². The molecule has 0 saturated carbocycles. The molecule has 1 aromatic rings. The number of halogens is 1. The largest absolute Gasteiger partial charge is 0.466 e. The van der Waals surface area contributed by atoms with Gasteiger partial charge in [0.1, 0.15) is 5.75 Å². The van der Waals surface area contributed by atoms with E-state index in [1.165, 1.54) is 7.11 Å². The zero-order chi connectivity index (χ0) is 11.3. The molecule has 0 atom stereocenters. The predicted molar refractivity (Wildman–Crippen MR) is 57.4 cm³/mol. The highest BCUT2D eigenvalue weighted by Crippen LogP contribution is 2.26. The van der Waals surface area contributed by atoms with Crippen LogP contribution in [0.3, 0.4) is 0 Å². The van der Waals surface area contributed by atoms with E-state index in [4.69, 9.17) is 9.47 Å². The lowest BCUT2D eigenvalue weighted by Crippen LogP contribution is -2.04. The van der Waals surface area contributed by atoms with Gasteiger partial charge in [0.15, 0.2) is 19.4 Å². The first-order valence-corrected chi connectivity index (χ1v) is 4.88. The van der Waals surface area contributed by atoms with Crippen LogP contribution in [0.4, 0.5) is 0 Å². The molecule has 0 fully saturated rings. The summed E-state index contributed by atoms with van der Waals surface area (Å²) in [5, 5.41) is 0. The fourth-order valence-corrected chi connectivity index (χ4v) is 1.59. The summed E-state index contributed by atoms with van der Waals surface area (Å²) in [6.45, 7) is -0.0106. The van der Waals surface area contributed by atoms with Crippen LogP contribution in [0.1, 0.15) is 20.7 Å². The molecular formula is C10H9BrO4. The third-order valence-electron chi connectivity index (χ3n) is 1.69. The van der Waals surface area contributed by atoms with Crippen molar-refractivity contribution < 1.29 is 19.1 Å². The van der Waals surface area contributed by atoms with Gasteiger partial charge in [0.05, 0.1) is 11.1 Å². The minimum atomic E-state index is -0.0106. The maximum absolute atomic E-state index is 10.8. The van der Waals surface area contributed by atoms with E-state index in [0.717, 1.165) is 0 Å². The van der Waals surface area contributed by atoms with Crippen molar-refractivity contribution in [1.29, 1.82) is 0 Å². The summed E-state index contributed by atoms with van der Waals surface area (Å²) in [7, 11) is 1.46. The smallest absolute Gasteiger partial charge is 0.188 e. The lowest BCUT2D eigenvalue weighted by atomic mass is 10.1. The van der Waals surface area contributed by atoms with Crippen molar-refractivity contribution in [3.63, 3.8) is 0 Å². The van der Waals surface area contributed by atoms with Crippen LogP contribution in [0.15, 0.2) is 16.6 Å². The van der Waals surface area contributed by atoms with Crippen LogP contribution >= 0.6 is 15.9 Å². The quantitative estimate of drug-likeness (QED) is 0.608. The van der Waals surface area contributed by atoms with Gasteiger partial charge in [-0.15, -0.1) is 0 Å². The van der Waals surface area contributed by atoms with Crippen LogP contribution in [0, 0.1) is 0 Å². The zero-order valence-electron chi connectivity index (χ0n) is 8.03. The number of carbonyl (C=O) groups excluding carboxylic acids is 2. The summed E-state index contributed by atoms with van der Waals surface area (Å²) in [5.74, 6) is 0.241. The fourth-order valence-electron chi connectivity index (χ4n) is 1.10.